The Morgan fingerprint density at radius 2 is 1.88 bits per heavy atom. The van der Waals surface area contributed by atoms with Gasteiger partial charge < -0.3 is 20.7 Å². The first-order valence-electron chi connectivity index (χ1n) is 7.40. The molecule has 0 aliphatic heterocycles. The van der Waals surface area contributed by atoms with E-state index in [2.05, 4.69) is 25.7 Å². The summed E-state index contributed by atoms with van der Waals surface area (Å²) in [5.41, 5.74) is 0.313. The minimum atomic E-state index is -4.76. The molecule has 0 aliphatic rings. The predicted molar refractivity (Wildman–Crippen MR) is 100 cm³/mol. The number of aliphatic imine (C=N–C) groups is 1. The van der Waals surface area contributed by atoms with E-state index in [0.717, 1.165) is 6.42 Å². The van der Waals surface area contributed by atoms with E-state index in [9.17, 15) is 18.0 Å². The van der Waals surface area contributed by atoms with Gasteiger partial charge in [-0.15, -0.1) is 37.1 Å². The van der Waals surface area contributed by atoms with Gasteiger partial charge in [0, 0.05) is 25.7 Å². The molecule has 0 atom stereocenters. The first-order valence-corrected chi connectivity index (χ1v) is 7.40. The van der Waals surface area contributed by atoms with Crippen molar-refractivity contribution in [3.63, 3.8) is 0 Å². The van der Waals surface area contributed by atoms with Gasteiger partial charge in [-0.05, 0) is 12.5 Å². The van der Waals surface area contributed by atoms with Gasteiger partial charge in [0.2, 0.25) is 5.91 Å². The number of nitrogens with one attached hydrogen (secondary N) is 3. The predicted octanol–water partition coefficient (Wildman–Crippen LogP) is 2.39. The second-order valence-corrected chi connectivity index (χ2v) is 4.78. The number of nitrogens with zero attached hydrogens (tertiary/aromatic N) is 1. The number of hydrogen-bond donors (Lipinski definition) is 3. The maximum absolute atomic E-state index is 12.4. The van der Waals surface area contributed by atoms with E-state index in [-0.39, 0.29) is 48.7 Å². The van der Waals surface area contributed by atoms with Crippen LogP contribution in [0.25, 0.3) is 0 Å². The lowest BCUT2D eigenvalue weighted by Gasteiger charge is -2.15. The van der Waals surface area contributed by atoms with Gasteiger partial charge in [0.05, 0.1) is 6.54 Å². The Balaban J connectivity index is 0.00000576. The lowest BCUT2D eigenvalue weighted by Crippen LogP contribution is -2.43. The molecule has 0 bridgehead atoms. The molecule has 0 unspecified atom stereocenters. The second-order valence-electron chi connectivity index (χ2n) is 4.78. The number of carbonyl (C=O) groups excluding carboxylic acids is 1. The summed E-state index contributed by atoms with van der Waals surface area (Å²) in [7, 11) is 1.50. The fraction of sp³-hybridized carbons (Fsp3) is 0.467. The van der Waals surface area contributed by atoms with Crippen LogP contribution in [0.4, 0.5) is 13.2 Å². The lowest BCUT2D eigenvalue weighted by molar-refractivity contribution is -0.274. The van der Waals surface area contributed by atoms with Crippen molar-refractivity contribution in [2.24, 2.45) is 4.99 Å². The normalized spacial score (nSPS) is 11.3. The Morgan fingerprint density at radius 1 is 1.20 bits per heavy atom. The maximum atomic E-state index is 12.4. The molecule has 1 aromatic rings. The third-order valence-electron chi connectivity index (χ3n) is 2.86. The summed E-state index contributed by atoms with van der Waals surface area (Å²) < 4.78 is 41.1. The number of benzene rings is 1. The summed E-state index contributed by atoms with van der Waals surface area (Å²) in [6, 6.07) is 5.80. The Hall–Kier alpha value is -1.72. The Morgan fingerprint density at radius 3 is 2.48 bits per heavy atom. The standard InChI is InChI=1S/C15H21F3N4O2.HI/c1-3-8-20-13(23)10-22-14(19-2)21-9-11-6-4-5-7-12(11)24-15(16,17)18;/h4-7H,3,8-10H2,1-2H3,(H,20,23)(H2,19,21,22);1H. The molecule has 1 aromatic carbocycles. The second kappa shape index (κ2) is 11.8. The number of rotatable bonds is 7. The smallest absolute Gasteiger partial charge is 0.405 e. The van der Waals surface area contributed by atoms with Gasteiger partial charge in [-0.3, -0.25) is 9.79 Å². The Bertz CT molecular complexity index is 568. The van der Waals surface area contributed by atoms with Gasteiger partial charge in [-0.1, -0.05) is 25.1 Å². The fourth-order valence-corrected chi connectivity index (χ4v) is 1.76. The molecule has 1 rings (SSSR count). The van der Waals surface area contributed by atoms with Crippen LogP contribution in [-0.2, 0) is 11.3 Å². The van der Waals surface area contributed by atoms with Gasteiger partial charge in [0.25, 0.3) is 0 Å². The summed E-state index contributed by atoms with van der Waals surface area (Å²) >= 11 is 0. The van der Waals surface area contributed by atoms with Gasteiger partial charge in [-0.2, -0.15) is 0 Å². The van der Waals surface area contributed by atoms with Crippen LogP contribution < -0.4 is 20.7 Å². The van der Waals surface area contributed by atoms with Crippen molar-refractivity contribution in [2.75, 3.05) is 20.1 Å². The summed E-state index contributed by atoms with van der Waals surface area (Å²) in [5, 5.41) is 8.31. The first-order chi connectivity index (χ1) is 11.4. The highest BCUT2D eigenvalue weighted by Gasteiger charge is 2.31. The summed E-state index contributed by atoms with van der Waals surface area (Å²) in [4.78, 5) is 15.4. The van der Waals surface area contributed by atoms with Crippen LogP contribution in [0.3, 0.4) is 0 Å². The molecular weight excluding hydrogens is 452 g/mol. The maximum Gasteiger partial charge on any atom is 0.573 e. The SMILES string of the molecule is CCCNC(=O)CNC(=NC)NCc1ccccc1OC(F)(F)F.I. The third kappa shape index (κ3) is 9.99. The molecule has 0 saturated heterocycles. The topological polar surface area (TPSA) is 74.8 Å². The van der Waals surface area contributed by atoms with E-state index >= 15 is 0 Å². The molecule has 25 heavy (non-hydrogen) atoms. The highest BCUT2D eigenvalue weighted by atomic mass is 127. The molecule has 0 spiro atoms. The number of guanidine groups is 1. The highest BCUT2D eigenvalue weighted by Crippen LogP contribution is 2.25. The molecule has 0 radical (unpaired) electrons. The molecular formula is C15H22F3IN4O2. The number of amides is 1. The largest absolute Gasteiger partial charge is 0.573 e. The van der Waals surface area contributed by atoms with Crippen LogP contribution in [0.2, 0.25) is 0 Å². The number of alkyl halides is 3. The lowest BCUT2D eigenvalue weighted by atomic mass is 10.2. The van der Waals surface area contributed by atoms with E-state index in [0.29, 0.717) is 18.1 Å². The van der Waals surface area contributed by atoms with Crippen molar-refractivity contribution in [1.82, 2.24) is 16.0 Å². The van der Waals surface area contributed by atoms with Crippen molar-refractivity contribution >= 4 is 35.8 Å². The first kappa shape index (κ1) is 23.3. The summed E-state index contributed by atoms with van der Waals surface area (Å²) in [5.74, 6) is -0.183. The monoisotopic (exact) mass is 474 g/mol. The molecule has 6 nitrogen and oxygen atoms in total. The zero-order valence-electron chi connectivity index (χ0n) is 13.9. The third-order valence-corrected chi connectivity index (χ3v) is 2.86. The van der Waals surface area contributed by atoms with Crippen molar-refractivity contribution in [1.29, 1.82) is 0 Å². The molecule has 0 aliphatic carbocycles. The summed E-state index contributed by atoms with van der Waals surface area (Å²) in [6.45, 7) is 2.59. The molecule has 1 amide bonds. The highest BCUT2D eigenvalue weighted by molar-refractivity contribution is 14.0. The number of ether oxygens (including phenoxy) is 1. The van der Waals surface area contributed by atoms with Crippen LogP contribution in [0.5, 0.6) is 5.75 Å². The summed E-state index contributed by atoms with van der Waals surface area (Å²) in [6.07, 6.45) is -3.93. The van der Waals surface area contributed by atoms with Gasteiger partial charge in [0.1, 0.15) is 5.75 Å². The minimum absolute atomic E-state index is 0. The number of halogens is 4. The van der Waals surface area contributed by atoms with E-state index < -0.39 is 6.36 Å². The average Bonchev–Trinajstić information content (AvgIpc) is 2.53. The number of carbonyl (C=O) groups is 1. The fourth-order valence-electron chi connectivity index (χ4n) is 1.76. The average molecular weight is 474 g/mol. The van der Waals surface area contributed by atoms with E-state index in [1.165, 1.54) is 25.2 Å². The van der Waals surface area contributed by atoms with E-state index in [1.54, 1.807) is 6.07 Å². The van der Waals surface area contributed by atoms with Gasteiger partial charge in [-0.25, -0.2) is 0 Å². The molecule has 0 heterocycles. The number of hydrogen-bond acceptors (Lipinski definition) is 3. The van der Waals surface area contributed by atoms with Gasteiger partial charge in [0.15, 0.2) is 5.96 Å². The van der Waals surface area contributed by atoms with Crippen molar-refractivity contribution in [3.05, 3.63) is 29.8 Å². The van der Waals surface area contributed by atoms with Crippen LogP contribution >= 0.6 is 24.0 Å². The van der Waals surface area contributed by atoms with E-state index in [1.807, 2.05) is 6.92 Å². The van der Waals surface area contributed by atoms with Gasteiger partial charge >= 0.3 is 6.36 Å². The Labute approximate surface area is 161 Å². The molecule has 10 heteroatoms. The van der Waals surface area contributed by atoms with Crippen molar-refractivity contribution < 1.29 is 22.7 Å². The van der Waals surface area contributed by atoms with Crippen LogP contribution in [0, 0.1) is 0 Å². The zero-order valence-corrected chi connectivity index (χ0v) is 16.3. The van der Waals surface area contributed by atoms with Crippen LogP contribution in [0.15, 0.2) is 29.3 Å². The molecule has 0 aromatic heterocycles. The number of para-hydroxylation sites is 1. The quantitative estimate of drug-likeness (QED) is 0.323. The molecule has 0 saturated carbocycles. The van der Waals surface area contributed by atoms with E-state index in [4.69, 9.17) is 0 Å². The van der Waals surface area contributed by atoms with Crippen molar-refractivity contribution in [3.8, 4) is 5.75 Å². The van der Waals surface area contributed by atoms with Crippen LogP contribution in [0.1, 0.15) is 18.9 Å². The molecule has 3 N–H and O–H groups in total. The molecule has 0 fully saturated rings. The minimum Gasteiger partial charge on any atom is -0.405 e. The zero-order chi connectivity index (χ0) is 18.0. The molecule has 142 valence electrons. The van der Waals surface area contributed by atoms with Crippen molar-refractivity contribution in [2.45, 2.75) is 26.3 Å². The Kier molecular flexibility index (Phi) is 11.0. The van der Waals surface area contributed by atoms with Crippen LogP contribution in [-0.4, -0.2) is 38.4 Å².